The molecule has 1 saturated heterocycles. The zero-order valence-electron chi connectivity index (χ0n) is 13.0. The van der Waals surface area contributed by atoms with Crippen LogP contribution in [0.4, 0.5) is 13.2 Å². The summed E-state index contributed by atoms with van der Waals surface area (Å²) in [6, 6.07) is 3.18. The van der Waals surface area contributed by atoms with E-state index in [1.165, 1.54) is 6.07 Å². The zero-order valence-corrected chi connectivity index (χ0v) is 13.0. The molecule has 0 aromatic carbocycles. The first-order valence-electron chi connectivity index (χ1n) is 7.57. The van der Waals surface area contributed by atoms with Crippen LogP contribution in [0.15, 0.2) is 18.2 Å². The number of aromatic nitrogens is 1. The molecule has 136 valence electrons. The van der Waals surface area contributed by atoms with Crippen LogP contribution in [0.5, 0.6) is 5.88 Å². The molecule has 1 aromatic rings. The largest absolute Gasteiger partial charge is 0.469 e. The number of alkyl halides is 3. The molecule has 0 bridgehead atoms. The van der Waals surface area contributed by atoms with E-state index in [4.69, 9.17) is 14.6 Å². The molecule has 5 atom stereocenters. The Balaban J connectivity index is 2.20. The lowest BCUT2D eigenvalue weighted by atomic mass is 9.93. The molecule has 0 radical (unpaired) electrons. The summed E-state index contributed by atoms with van der Waals surface area (Å²) in [6.45, 7) is 1.46. The van der Waals surface area contributed by atoms with Gasteiger partial charge in [-0.25, -0.2) is 4.98 Å². The number of pyridine rings is 1. The number of halogens is 3. The molecule has 1 fully saturated rings. The Bertz CT molecular complexity index is 542. The molecule has 2 rings (SSSR count). The minimum Gasteiger partial charge on any atom is -0.469 e. The standard InChI is InChI=1S/C15H20F3NO5/c1-8-12(21)13(22)14(9(23-8)4-3-7-20)24-11-6-2-5-10(19-11)15(16,17)18/h2,5-6,8-9,12-14,20-22H,3-4,7H2,1H3/t8-,9-,12+,13+,14+/m1/s1. The van der Waals surface area contributed by atoms with E-state index in [1.807, 2.05) is 0 Å². The number of ether oxygens (including phenoxy) is 2. The van der Waals surface area contributed by atoms with Crippen LogP contribution in [0.2, 0.25) is 0 Å². The molecule has 0 saturated carbocycles. The van der Waals surface area contributed by atoms with Crippen LogP contribution in [-0.2, 0) is 10.9 Å². The number of nitrogens with zero attached hydrogens (tertiary/aromatic N) is 1. The fraction of sp³-hybridized carbons (Fsp3) is 0.667. The van der Waals surface area contributed by atoms with Crippen molar-refractivity contribution in [2.75, 3.05) is 6.61 Å². The molecule has 3 N–H and O–H groups in total. The number of hydrogen-bond acceptors (Lipinski definition) is 6. The van der Waals surface area contributed by atoms with E-state index in [0.717, 1.165) is 12.1 Å². The third kappa shape index (κ3) is 4.35. The summed E-state index contributed by atoms with van der Waals surface area (Å²) in [7, 11) is 0. The molecule has 1 aliphatic rings. The van der Waals surface area contributed by atoms with E-state index in [-0.39, 0.29) is 12.5 Å². The maximum atomic E-state index is 12.7. The Hall–Kier alpha value is -1.42. The molecule has 1 aliphatic heterocycles. The Morgan fingerprint density at radius 2 is 1.96 bits per heavy atom. The van der Waals surface area contributed by atoms with Gasteiger partial charge in [0.2, 0.25) is 5.88 Å². The van der Waals surface area contributed by atoms with Gasteiger partial charge in [-0.1, -0.05) is 6.07 Å². The monoisotopic (exact) mass is 351 g/mol. The predicted molar refractivity (Wildman–Crippen MR) is 76.3 cm³/mol. The summed E-state index contributed by atoms with van der Waals surface area (Å²) in [5.41, 5.74) is -1.12. The van der Waals surface area contributed by atoms with Crippen molar-refractivity contribution in [2.45, 2.75) is 56.5 Å². The SMILES string of the molecule is C[C@H]1O[C@H](CCCO)[C@H](Oc2cccc(C(F)(F)F)n2)[C@@H](O)[C@H]1O. The summed E-state index contributed by atoms with van der Waals surface area (Å²) in [5.74, 6) is -0.326. The van der Waals surface area contributed by atoms with Crippen molar-refractivity contribution in [1.29, 1.82) is 0 Å². The third-order valence-corrected chi connectivity index (χ3v) is 3.84. The van der Waals surface area contributed by atoms with Crippen molar-refractivity contribution in [3.05, 3.63) is 23.9 Å². The quantitative estimate of drug-likeness (QED) is 0.737. The second-order valence-corrected chi connectivity index (χ2v) is 5.67. The van der Waals surface area contributed by atoms with Gasteiger partial charge < -0.3 is 24.8 Å². The molecule has 1 aromatic heterocycles. The summed E-state index contributed by atoms with van der Waals surface area (Å²) in [6.07, 6.45) is -9.01. The van der Waals surface area contributed by atoms with Crippen molar-refractivity contribution in [3.8, 4) is 5.88 Å². The average Bonchev–Trinajstić information content (AvgIpc) is 2.53. The van der Waals surface area contributed by atoms with Gasteiger partial charge in [-0.3, -0.25) is 0 Å². The van der Waals surface area contributed by atoms with Crippen LogP contribution in [0, 0.1) is 0 Å². The number of rotatable bonds is 5. The van der Waals surface area contributed by atoms with Gasteiger partial charge in [0.05, 0.1) is 12.2 Å². The highest BCUT2D eigenvalue weighted by Gasteiger charge is 2.44. The lowest BCUT2D eigenvalue weighted by Gasteiger charge is -2.41. The van der Waals surface area contributed by atoms with Gasteiger partial charge in [0.15, 0.2) is 6.10 Å². The van der Waals surface area contributed by atoms with Crippen LogP contribution < -0.4 is 4.74 Å². The summed E-state index contributed by atoms with van der Waals surface area (Å²) < 4.78 is 49.1. The summed E-state index contributed by atoms with van der Waals surface area (Å²) >= 11 is 0. The van der Waals surface area contributed by atoms with E-state index in [1.54, 1.807) is 6.92 Å². The van der Waals surface area contributed by atoms with Crippen molar-refractivity contribution < 1.29 is 38.0 Å². The third-order valence-electron chi connectivity index (χ3n) is 3.84. The van der Waals surface area contributed by atoms with E-state index >= 15 is 0 Å². The van der Waals surface area contributed by atoms with Crippen LogP contribution in [0.1, 0.15) is 25.5 Å². The van der Waals surface area contributed by atoms with E-state index in [0.29, 0.717) is 12.8 Å². The Morgan fingerprint density at radius 3 is 2.58 bits per heavy atom. The number of aliphatic hydroxyl groups is 3. The number of aliphatic hydroxyl groups excluding tert-OH is 3. The van der Waals surface area contributed by atoms with E-state index in [2.05, 4.69) is 4.98 Å². The molecule has 9 heteroatoms. The molecule has 6 nitrogen and oxygen atoms in total. The minimum atomic E-state index is -4.62. The Kier molecular flexibility index (Phi) is 6.02. The fourth-order valence-corrected chi connectivity index (χ4v) is 2.57. The van der Waals surface area contributed by atoms with Crippen LogP contribution >= 0.6 is 0 Å². The van der Waals surface area contributed by atoms with Gasteiger partial charge in [-0.2, -0.15) is 13.2 Å². The van der Waals surface area contributed by atoms with Gasteiger partial charge in [-0.05, 0) is 25.8 Å². The Labute approximate surface area is 136 Å². The maximum Gasteiger partial charge on any atom is 0.433 e. The van der Waals surface area contributed by atoms with Crippen LogP contribution in [0.25, 0.3) is 0 Å². The highest BCUT2D eigenvalue weighted by atomic mass is 19.4. The summed E-state index contributed by atoms with van der Waals surface area (Å²) in [4.78, 5) is 3.39. The molecular formula is C15H20F3NO5. The first kappa shape index (κ1) is 18.9. The molecular weight excluding hydrogens is 331 g/mol. The van der Waals surface area contributed by atoms with Crippen molar-refractivity contribution in [3.63, 3.8) is 0 Å². The van der Waals surface area contributed by atoms with Crippen molar-refractivity contribution >= 4 is 0 Å². The van der Waals surface area contributed by atoms with Gasteiger partial charge >= 0.3 is 6.18 Å². The van der Waals surface area contributed by atoms with Gasteiger partial charge in [0.1, 0.15) is 17.9 Å². The van der Waals surface area contributed by atoms with E-state index < -0.39 is 42.4 Å². The Morgan fingerprint density at radius 1 is 1.25 bits per heavy atom. The molecule has 0 spiro atoms. The highest BCUT2D eigenvalue weighted by molar-refractivity contribution is 5.18. The topological polar surface area (TPSA) is 92.0 Å². The lowest BCUT2D eigenvalue weighted by Crippen LogP contribution is -2.58. The molecule has 0 aliphatic carbocycles. The van der Waals surface area contributed by atoms with Gasteiger partial charge in [0.25, 0.3) is 0 Å². The van der Waals surface area contributed by atoms with Crippen LogP contribution in [0.3, 0.4) is 0 Å². The summed E-state index contributed by atoms with van der Waals surface area (Å²) in [5, 5.41) is 29.1. The second kappa shape index (κ2) is 7.64. The fourth-order valence-electron chi connectivity index (χ4n) is 2.57. The van der Waals surface area contributed by atoms with E-state index in [9.17, 15) is 23.4 Å². The lowest BCUT2D eigenvalue weighted by molar-refractivity contribution is -0.212. The smallest absolute Gasteiger partial charge is 0.433 e. The zero-order chi connectivity index (χ0) is 17.9. The number of hydrogen-bond donors (Lipinski definition) is 3. The normalized spacial score (nSPS) is 31.0. The average molecular weight is 351 g/mol. The van der Waals surface area contributed by atoms with Crippen molar-refractivity contribution in [1.82, 2.24) is 4.98 Å². The highest BCUT2D eigenvalue weighted by Crippen LogP contribution is 2.31. The predicted octanol–water partition coefficient (Wildman–Crippen LogP) is 1.13. The molecule has 0 amide bonds. The first-order chi connectivity index (χ1) is 11.2. The van der Waals surface area contributed by atoms with Crippen molar-refractivity contribution in [2.24, 2.45) is 0 Å². The van der Waals surface area contributed by atoms with Gasteiger partial charge in [0, 0.05) is 12.7 Å². The van der Waals surface area contributed by atoms with Gasteiger partial charge in [-0.15, -0.1) is 0 Å². The first-order valence-corrected chi connectivity index (χ1v) is 7.57. The minimum absolute atomic E-state index is 0.110. The maximum absolute atomic E-state index is 12.7. The van der Waals surface area contributed by atoms with Crippen LogP contribution in [-0.4, -0.2) is 57.4 Å². The molecule has 0 unspecified atom stereocenters. The second-order valence-electron chi connectivity index (χ2n) is 5.67. The molecule has 24 heavy (non-hydrogen) atoms. The molecule has 2 heterocycles.